The van der Waals surface area contributed by atoms with Crippen molar-refractivity contribution >= 4 is 29.9 Å². The van der Waals surface area contributed by atoms with Crippen LogP contribution in [-0.2, 0) is 23.1 Å². The Labute approximate surface area is 185 Å². The van der Waals surface area contributed by atoms with Gasteiger partial charge in [-0.15, -0.1) is 34.2 Å². The highest BCUT2D eigenvalue weighted by molar-refractivity contribution is 14.0. The van der Waals surface area contributed by atoms with E-state index in [1.807, 2.05) is 25.5 Å². The number of hydrogen-bond acceptors (Lipinski definition) is 5. The Morgan fingerprint density at radius 2 is 2.18 bits per heavy atom. The second-order valence-electron chi connectivity index (χ2n) is 8.05. The summed E-state index contributed by atoms with van der Waals surface area (Å²) in [5.41, 5.74) is 0.107. The maximum atomic E-state index is 5.91. The summed E-state index contributed by atoms with van der Waals surface area (Å²) < 4.78 is 13.3. The van der Waals surface area contributed by atoms with Gasteiger partial charge in [-0.1, -0.05) is 13.8 Å². The minimum absolute atomic E-state index is 0. The van der Waals surface area contributed by atoms with Crippen LogP contribution in [0.25, 0.3) is 0 Å². The zero-order valence-corrected chi connectivity index (χ0v) is 20.0. The molecule has 1 aromatic rings. The van der Waals surface area contributed by atoms with E-state index >= 15 is 0 Å². The molecular weight excluding hydrogens is 471 g/mol. The molecule has 1 aromatic heterocycles. The highest BCUT2D eigenvalue weighted by atomic mass is 127. The second kappa shape index (κ2) is 10.2. The molecule has 3 unspecified atom stereocenters. The topological polar surface area (TPSA) is 85.6 Å². The van der Waals surface area contributed by atoms with Gasteiger partial charge in [0.1, 0.15) is 12.4 Å². The number of aryl methyl sites for hydroxylation is 1. The first kappa shape index (κ1) is 23.3. The van der Waals surface area contributed by atoms with Gasteiger partial charge >= 0.3 is 0 Å². The third-order valence-corrected chi connectivity index (χ3v) is 5.92. The van der Waals surface area contributed by atoms with Crippen LogP contribution in [0.1, 0.15) is 45.3 Å². The van der Waals surface area contributed by atoms with Crippen LogP contribution < -0.4 is 10.6 Å². The molecular formula is C19H35IN6O2. The summed E-state index contributed by atoms with van der Waals surface area (Å²) in [6.45, 7) is 12.2. The second-order valence-corrected chi connectivity index (χ2v) is 8.05. The molecule has 0 radical (unpaired) electrons. The first-order valence-corrected chi connectivity index (χ1v) is 10.0. The third-order valence-electron chi connectivity index (χ3n) is 5.92. The molecule has 0 spiro atoms. The molecule has 1 aliphatic heterocycles. The lowest BCUT2D eigenvalue weighted by Crippen LogP contribution is -2.68. The van der Waals surface area contributed by atoms with Crippen LogP contribution in [-0.4, -0.2) is 59.2 Å². The number of halogens is 1. The van der Waals surface area contributed by atoms with Crippen molar-refractivity contribution in [1.82, 2.24) is 25.4 Å². The van der Waals surface area contributed by atoms with Crippen LogP contribution in [0.15, 0.2) is 4.99 Å². The maximum Gasteiger partial charge on any atom is 0.191 e. The number of aromatic nitrogens is 3. The largest absolute Gasteiger partial charge is 0.382 e. The average Bonchev–Trinajstić information content (AvgIpc) is 3.23. The molecule has 3 rings (SSSR count). The minimum Gasteiger partial charge on any atom is -0.382 e. The SMILES string of the molecule is CCOCCCNC(=NCc1nnc(C)n1C)NC1C2CCOC2C1(C)C.I. The average molecular weight is 506 g/mol. The maximum absolute atomic E-state index is 5.91. The van der Waals surface area contributed by atoms with Gasteiger partial charge in [0.25, 0.3) is 0 Å². The van der Waals surface area contributed by atoms with E-state index in [0.29, 0.717) is 24.6 Å². The summed E-state index contributed by atoms with van der Waals surface area (Å²) in [6, 6.07) is 0.365. The van der Waals surface area contributed by atoms with E-state index in [1.54, 1.807) is 0 Å². The van der Waals surface area contributed by atoms with E-state index in [0.717, 1.165) is 56.8 Å². The van der Waals surface area contributed by atoms with Crippen molar-refractivity contribution in [2.45, 2.75) is 59.2 Å². The number of rotatable bonds is 8. The number of ether oxygens (including phenoxy) is 2. The highest BCUT2D eigenvalue weighted by Crippen LogP contribution is 2.52. The lowest BCUT2D eigenvalue weighted by atomic mass is 9.57. The van der Waals surface area contributed by atoms with Crippen molar-refractivity contribution in [3.63, 3.8) is 0 Å². The predicted molar refractivity (Wildman–Crippen MR) is 120 cm³/mol. The Morgan fingerprint density at radius 1 is 1.39 bits per heavy atom. The molecule has 8 nitrogen and oxygen atoms in total. The van der Waals surface area contributed by atoms with Gasteiger partial charge in [0.2, 0.25) is 0 Å². The van der Waals surface area contributed by atoms with Crippen LogP contribution in [0.4, 0.5) is 0 Å². The lowest BCUT2D eigenvalue weighted by molar-refractivity contribution is -0.106. The molecule has 0 bridgehead atoms. The van der Waals surface area contributed by atoms with E-state index in [2.05, 4.69) is 34.7 Å². The van der Waals surface area contributed by atoms with E-state index in [9.17, 15) is 0 Å². The van der Waals surface area contributed by atoms with Crippen LogP contribution in [0.5, 0.6) is 0 Å². The molecule has 28 heavy (non-hydrogen) atoms. The third kappa shape index (κ3) is 4.96. The molecule has 1 saturated heterocycles. The molecule has 160 valence electrons. The Morgan fingerprint density at radius 3 is 2.86 bits per heavy atom. The van der Waals surface area contributed by atoms with E-state index in [-0.39, 0.29) is 29.4 Å². The fraction of sp³-hybridized carbons (Fsp3) is 0.842. The predicted octanol–water partition coefficient (Wildman–Crippen LogP) is 2.02. The number of nitrogens with zero attached hydrogens (tertiary/aromatic N) is 4. The van der Waals surface area contributed by atoms with Crippen molar-refractivity contribution in [2.75, 3.05) is 26.4 Å². The first-order valence-electron chi connectivity index (χ1n) is 10.0. The van der Waals surface area contributed by atoms with Crippen molar-refractivity contribution in [3.8, 4) is 0 Å². The molecule has 0 amide bonds. The van der Waals surface area contributed by atoms with E-state index < -0.39 is 0 Å². The molecule has 2 aliphatic rings. The molecule has 0 aromatic carbocycles. The fourth-order valence-electron chi connectivity index (χ4n) is 4.18. The quantitative estimate of drug-likeness (QED) is 0.243. The Balaban J connectivity index is 0.00000280. The van der Waals surface area contributed by atoms with Gasteiger partial charge in [0.15, 0.2) is 11.8 Å². The van der Waals surface area contributed by atoms with Crippen LogP contribution in [0.2, 0.25) is 0 Å². The zero-order valence-electron chi connectivity index (χ0n) is 17.7. The summed E-state index contributed by atoms with van der Waals surface area (Å²) in [7, 11) is 1.97. The van der Waals surface area contributed by atoms with Crippen molar-refractivity contribution in [1.29, 1.82) is 0 Å². The van der Waals surface area contributed by atoms with Gasteiger partial charge in [-0.3, -0.25) is 0 Å². The van der Waals surface area contributed by atoms with Crippen molar-refractivity contribution in [3.05, 3.63) is 11.6 Å². The monoisotopic (exact) mass is 506 g/mol. The van der Waals surface area contributed by atoms with Gasteiger partial charge in [-0.05, 0) is 26.7 Å². The molecule has 1 aliphatic carbocycles. The molecule has 9 heteroatoms. The van der Waals surface area contributed by atoms with Crippen LogP contribution in [0.3, 0.4) is 0 Å². The number of fused-ring (bicyclic) bond motifs is 1. The van der Waals surface area contributed by atoms with Gasteiger partial charge in [-0.25, -0.2) is 4.99 Å². The van der Waals surface area contributed by atoms with Gasteiger partial charge in [0, 0.05) is 50.8 Å². The molecule has 2 fully saturated rings. The number of hydrogen-bond donors (Lipinski definition) is 2. The molecule has 2 heterocycles. The van der Waals surface area contributed by atoms with Gasteiger partial charge in [0.05, 0.1) is 6.10 Å². The van der Waals surface area contributed by atoms with Crippen molar-refractivity contribution in [2.24, 2.45) is 23.4 Å². The van der Waals surface area contributed by atoms with E-state index in [4.69, 9.17) is 14.5 Å². The van der Waals surface area contributed by atoms with E-state index in [1.165, 1.54) is 0 Å². The normalized spacial score (nSPS) is 25.6. The Kier molecular flexibility index (Phi) is 8.50. The summed E-state index contributed by atoms with van der Waals surface area (Å²) in [5.74, 6) is 3.14. The lowest BCUT2D eigenvalue weighted by Gasteiger charge is -2.54. The van der Waals surface area contributed by atoms with Gasteiger partial charge < -0.3 is 24.7 Å². The van der Waals surface area contributed by atoms with Crippen molar-refractivity contribution < 1.29 is 9.47 Å². The standard InChI is InChI=1S/C19H34N6O2.HI/c1-6-26-10-7-9-20-18(21-12-15-24-23-13(2)25(15)5)22-16-14-8-11-27-17(14)19(16,3)4;/h14,16-17H,6-12H2,1-5H3,(H2,20,21,22);1H. The molecule has 1 saturated carbocycles. The zero-order chi connectivity index (χ0) is 19.4. The number of nitrogens with one attached hydrogen (secondary N) is 2. The summed E-state index contributed by atoms with van der Waals surface area (Å²) in [5, 5.41) is 15.4. The van der Waals surface area contributed by atoms with Crippen LogP contribution >= 0.6 is 24.0 Å². The Hall–Kier alpha value is -0.940. The van der Waals surface area contributed by atoms with Gasteiger partial charge in [-0.2, -0.15) is 0 Å². The highest BCUT2D eigenvalue weighted by Gasteiger charge is 2.59. The van der Waals surface area contributed by atoms with Crippen LogP contribution in [0, 0.1) is 18.3 Å². The number of guanidine groups is 1. The molecule has 2 N–H and O–H groups in total. The summed E-state index contributed by atoms with van der Waals surface area (Å²) >= 11 is 0. The smallest absolute Gasteiger partial charge is 0.191 e. The molecule has 3 atom stereocenters. The summed E-state index contributed by atoms with van der Waals surface area (Å²) in [6.07, 6.45) is 2.42. The minimum atomic E-state index is 0. The fourth-order valence-corrected chi connectivity index (χ4v) is 4.18. The number of aliphatic imine (C=N–C) groups is 1. The Bertz CT molecular complexity index is 663. The summed E-state index contributed by atoms with van der Waals surface area (Å²) in [4.78, 5) is 4.78. The first-order chi connectivity index (χ1) is 12.9.